The Kier molecular flexibility index (Phi) is 7.08. The van der Waals surface area contributed by atoms with Gasteiger partial charge in [-0.15, -0.1) is 0 Å². The lowest BCUT2D eigenvalue weighted by Gasteiger charge is -2.37. The van der Waals surface area contributed by atoms with E-state index < -0.39 is 11.4 Å². The second-order valence-corrected chi connectivity index (χ2v) is 9.07. The van der Waals surface area contributed by atoms with Gasteiger partial charge in [0.05, 0.1) is 18.4 Å². The van der Waals surface area contributed by atoms with Gasteiger partial charge < -0.3 is 25.3 Å². The van der Waals surface area contributed by atoms with Crippen molar-refractivity contribution >= 4 is 17.8 Å². The lowest BCUT2D eigenvalue weighted by Crippen LogP contribution is -2.48. The first-order valence-corrected chi connectivity index (χ1v) is 11.6. The average molecular weight is 472 g/mol. The van der Waals surface area contributed by atoms with Crippen molar-refractivity contribution < 1.29 is 24.2 Å². The van der Waals surface area contributed by atoms with Crippen LogP contribution in [0, 0.1) is 5.82 Å². The van der Waals surface area contributed by atoms with Crippen LogP contribution in [0.2, 0.25) is 0 Å². The molecule has 3 heterocycles. The third-order valence-electron chi connectivity index (χ3n) is 6.68. The molecule has 2 fully saturated rings. The van der Waals surface area contributed by atoms with Crippen molar-refractivity contribution in [3.63, 3.8) is 0 Å². The van der Waals surface area contributed by atoms with Crippen LogP contribution in [0.25, 0.3) is 11.3 Å². The predicted octanol–water partition coefficient (Wildman–Crippen LogP) is 1.66. The molecule has 0 atom stereocenters. The lowest BCUT2D eigenvalue weighted by atomic mass is 9.92. The number of carbonyl (C=O) groups is 2. The Labute approximate surface area is 197 Å². The molecule has 2 amide bonds. The molecule has 2 saturated heterocycles. The fourth-order valence-electron chi connectivity index (χ4n) is 4.43. The Hall–Kier alpha value is -3.11. The molecule has 10 heteroatoms. The van der Waals surface area contributed by atoms with E-state index in [4.69, 9.17) is 0 Å². The molecule has 2 aliphatic rings. The number of carbonyl (C=O) groups excluding carboxylic acids is 2. The molecule has 0 spiro atoms. The van der Waals surface area contributed by atoms with Crippen LogP contribution in [0.4, 0.5) is 10.3 Å². The van der Waals surface area contributed by atoms with Crippen molar-refractivity contribution in [1.29, 1.82) is 0 Å². The molecular formula is C24H30FN5O4. The first-order valence-electron chi connectivity index (χ1n) is 11.6. The zero-order valence-corrected chi connectivity index (χ0v) is 19.2. The van der Waals surface area contributed by atoms with Gasteiger partial charge in [-0.1, -0.05) is 12.1 Å². The summed E-state index contributed by atoms with van der Waals surface area (Å²) in [5, 5.41) is 22.7. The summed E-state index contributed by atoms with van der Waals surface area (Å²) in [4.78, 5) is 36.4. The Morgan fingerprint density at radius 2 is 1.88 bits per heavy atom. The monoisotopic (exact) mass is 471 g/mol. The minimum absolute atomic E-state index is 0.0573. The highest BCUT2D eigenvalue weighted by Gasteiger charge is 2.33. The van der Waals surface area contributed by atoms with Gasteiger partial charge in [-0.25, -0.2) is 14.4 Å². The van der Waals surface area contributed by atoms with Crippen LogP contribution in [0.3, 0.4) is 0 Å². The summed E-state index contributed by atoms with van der Waals surface area (Å²) in [6.45, 7) is 3.19. The smallest absolute Gasteiger partial charge is 0.253 e. The van der Waals surface area contributed by atoms with E-state index >= 15 is 0 Å². The van der Waals surface area contributed by atoms with Crippen LogP contribution in [0.15, 0.2) is 30.5 Å². The summed E-state index contributed by atoms with van der Waals surface area (Å²) in [7, 11) is 0. The van der Waals surface area contributed by atoms with Crippen LogP contribution < -0.4 is 5.32 Å². The van der Waals surface area contributed by atoms with Crippen molar-refractivity contribution in [2.24, 2.45) is 0 Å². The highest BCUT2D eigenvalue weighted by molar-refractivity contribution is 5.95. The number of halogens is 1. The van der Waals surface area contributed by atoms with Crippen LogP contribution in [0.5, 0.6) is 0 Å². The van der Waals surface area contributed by atoms with Crippen molar-refractivity contribution in [2.45, 2.75) is 44.2 Å². The Morgan fingerprint density at radius 1 is 1.18 bits per heavy atom. The third-order valence-corrected chi connectivity index (χ3v) is 6.68. The van der Waals surface area contributed by atoms with Crippen molar-refractivity contribution in [3.8, 4) is 11.3 Å². The molecule has 9 nitrogen and oxygen atoms in total. The van der Waals surface area contributed by atoms with Gasteiger partial charge in [-0.2, -0.15) is 0 Å². The average Bonchev–Trinajstić information content (AvgIpc) is 2.85. The number of piperidine rings is 2. The van der Waals surface area contributed by atoms with Crippen LogP contribution in [0.1, 0.15) is 43.0 Å². The van der Waals surface area contributed by atoms with Crippen LogP contribution in [-0.4, -0.2) is 86.2 Å². The van der Waals surface area contributed by atoms with Gasteiger partial charge >= 0.3 is 0 Å². The number of benzene rings is 1. The Morgan fingerprint density at radius 3 is 2.53 bits per heavy atom. The summed E-state index contributed by atoms with van der Waals surface area (Å²) >= 11 is 0. The number of anilines is 1. The van der Waals surface area contributed by atoms with Gasteiger partial charge in [-0.3, -0.25) is 9.59 Å². The first kappa shape index (κ1) is 24.0. The van der Waals surface area contributed by atoms with Crippen molar-refractivity contribution in [3.05, 3.63) is 41.8 Å². The van der Waals surface area contributed by atoms with Crippen LogP contribution >= 0.6 is 0 Å². The quantitative estimate of drug-likeness (QED) is 0.607. The molecule has 2 aromatic rings. The molecule has 0 bridgehead atoms. The SMILES string of the molecule is CC(=O)N1CCC(Nc2ncc(F)c(-c3cccc(C(=O)N4CCC(O)(CO)CC4)c3)n2)CC1. The first-order chi connectivity index (χ1) is 16.3. The Balaban J connectivity index is 1.47. The second kappa shape index (κ2) is 10.0. The maximum Gasteiger partial charge on any atom is 0.253 e. The van der Waals surface area contributed by atoms with Gasteiger partial charge in [0.2, 0.25) is 11.9 Å². The van der Waals surface area contributed by atoms with Crippen molar-refractivity contribution in [1.82, 2.24) is 19.8 Å². The Bertz CT molecular complexity index is 1050. The summed E-state index contributed by atoms with van der Waals surface area (Å²) < 4.78 is 14.6. The molecule has 34 heavy (non-hydrogen) atoms. The lowest BCUT2D eigenvalue weighted by molar-refractivity contribution is -0.129. The van der Waals surface area contributed by atoms with E-state index in [2.05, 4.69) is 15.3 Å². The molecule has 1 aromatic carbocycles. The number of aromatic nitrogens is 2. The highest BCUT2D eigenvalue weighted by Crippen LogP contribution is 2.26. The standard InChI is InChI=1S/C24H30FN5O4/c1-16(32)29-9-5-19(6-10-29)27-23-26-14-20(25)21(28-23)17-3-2-4-18(13-17)22(33)30-11-7-24(34,15-31)8-12-30/h2-4,13-14,19,31,34H,5-12,15H2,1H3,(H,26,27,28). The number of hydrogen-bond acceptors (Lipinski definition) is 7. The molecule has 0 saturated carbocycles. The van der Waals surface area contributed by atoms with Gasteiger partial charge in [0.1, 0.15) is 5.69 Å². The van der Waals surface area contributed by atoms with Gasteiger partial charge in [0.25, 0.3) is 5.91 Å². The van der Waals surface area contributed by atoms with E-state index in [1.165, 1.54) is 0 Å². The zero-order valence-electron chi connectivity index (χ0n) is 19.2. The minimum atomic E-state index is -1.14. The van der Waals surface area contributed by atoms with Gasteiger partial charge in [0, 0.05) is 50.3 Å². The molecule has 1 aromatic heterocycles. The van der Waals surface area contributed by atoms with Crippen molar-refractivity contribution in [2.75, 3.05) is 38.1 Å². The second-order valence-electron chi connectivity index (χ2n) is 9.07. The minimum Gasteiger partial charge on any atom is -0.393 e. The molecule has 0 unspecified atom stereocenters. The number of aliphatic hydroxyl groups excluding tert-OH is 1. The highest BCUT2D eigenvalue weighted by atomic mass is 19.1. The number of amides is 2. The number of nitrogens with zero attached hydrogens (tertiary/aromatic N) is 4. The summed E-state index contributed by atoms with van der Waals surface area (Å²) in [6.07, 6.45) is 3.22. The molecule has 0 aliphatic carbocycles. The normalized spacial score (nSPS) is 18.6. The van der Waals surface area contributed by atoms with E-state index in [-0.39, 0.29) is 30.2 Å². The van der Waals surface area contributed by atoms with E-state index in [1.54, 1.807) is 41.0 Å². The van der Waals surface area contributed by atoms with E-state index in [9.17, 15) is 24.2 Å². The van der Waals surface area contributed by atoms with Crippen LogP contribution in [-0.2, 0) is 4.79 Å². The number of hydrogen-bond donors (Lipinski definition) is 3. The summed E-state index contributed by atoms with van der Waals surface area (Å²) in [6, 6.07) is 6.73. The maximum atomic E-state index is 14.6. The number of rotatable bonds is 5. The maximum absolute atomic E-state index is 14.6. The van der Waals surface area contributed by atoms with Gasteiger partial charge in [0.15, 0.2) is 5.82 Å². The number of nitrogens with one attached hydrogen (secondary N) is 1. The number of likely N-dealkylation sites (tertiary alicyclic amines) is 2. The van der Waals surface area contributed by atoms with Gasteiger partial charge in [-0.05, 0) is 37.8 Å². The van der Waals surface area contributed by atoms with E-state index in [1.807, 2.05) is 0 Å². The molecule has 0 radical (unpaired) electrons. The predicted molar refractivity (Wildman–Crippen MR) is 123 cm³/mol. The zero-order chi connectivity index (χ0) is 24.3. The van der Waals surface area contributed by atoms with E-state index in [0.717, 1.165) is 19.0 Å². The molecule has 2 aliphatic heterocycles. The summed E-state index contributed by atoms with van der Waals surface area (Å²) in [5.74, 6) is -0.449. The molecule has 4 rings (SSSR count). The topological polar surface area (TPSA) is 119 Å². The summed E-state index contributed by atoms with van der Waals surface area (Å²) in [5.41, 5.74) is -0.184. The number of aliphatic hydroxyl groups is 2. The fraction of sp³-hybridized carbons (Fsp3) is 0.500. The third kappa shape index (κ3) is 5.34. The largest absolute Gasteiger partial charge is 0.393 e. The fourth-order valence-corrected chi connectivity index (χ4v) is 4.43. The molecule has 3 N–H and O–H groups in total. The molecule has 182 valence electrons. The molecular weight excluding hydrogens is 441 g/mol. The van der Waals surface area contributed by atoms with E-state index in [0.29, 0.717) is 56.1 Å².